The van der Waals surface area contributed by atoms with E-state index in [0.717, 1.165) is 12.0 Å². The van der Waals surface area contributed by atoms with Crippen molar-refractivity contribution in [3.63, 3.8) is 0 Å². The number of hydrogen-bond acceptors (Lipinski definition) is 2. The quantitative estimate of drug-likeness (QED) is 0.791. The summed E-state index contributed by atoms with van der Waals surface area (Å²) in [5.41, 5.74) is 4.12. The number of nitrogens with zero attached hydrogens (tertiary/aromatic N) is 2. The molecule has 2 aromatic carbocycles. The summed E-state index contributed by atoms with van der Waals surface area (Å²) in [5, 5.41) is 8.89. The van der Waals surface area contributed by atoms with Gasteiger partial charge < -0.3 is 4.90 Å². The minimum atomic E-state index is 0.00765. The van der Waals surface area contributed by atoms with Crippen LogP contribution in [-0.2, 0) is 11.2 Å². The molecule has 0 bridgehead atoms. The third-order valence-electron chi connectivity index (χ3n) is 4.40. The second-order valence-corrected chi connectivity index (χ2v) is 6.08. The smallest absolute Gasteiger partial charge is 0.223 e. The Hall–Kier alpha value is -2.60. The molecule has 3 nitrogen and oxygen atoms in total. The van der Waals surface area contributed by atoms with E-state index in [-0.39, 0.29) is 11.9 Å². The van der Waals surface area contributed by atoms with E-state index in [1.807, 2.05) is 30.9 Å². The average Bonchev–Trinajstić information content (AvgIpc) is 2.61. The molecule has 1 unspecified atom stereocenters. The third kappa shape index (κ3) is 4.45. The van der Waals surface area contributed by atoms with Gasteiger partial charge in [0.1, 0.15) is 0 Å². The zero-order valence-corrected chi connectivity index (χ0v) is 14.6. The number of rotatable bonds is 6. The summed E-state index contributed by atoms with van der Waals surface area (Å²) >= 11 is 0. The predicted octanol–water partition coefficient (Wildman–Crippen LogP) is 4.41. The zero-order valence-electron chi connectivity index (χ0n) is 14.6. The number of hydrogen-bond donors (Lipinski definition) is 0. The highest BCUT2D eigenvalue weighted by atomic mass is 16.2. The Balaban J connectivity index is 2.01. The van der Waals surface area contributed by atoms with Crippen molar-refractivity contribution in [1.82, 2.24) is 4.90 Å². The standard InChI is InChI=1S/C21H24N2O/c1-4-23(17(3)20-12-9-19(15-22)10-13-20)21(24)14-11-18-7-5-16(2)6-8-18/h5-10,12-13,17H,4,11,14H2,1-3H3. The van der Waals surface area contributed by atoms with Crippen LogP contribution in [0, 0.1) is 18.3 Å². The fourth-order valence-corrected chi connectivity index (χ4v) is 2.83. The van der Waals surface area contributed by atoms with E-state index < -0.39 is 0 Å². The maximum atomic E-state index is 12.6. The van der Waals surface area contributed by atoms with Gasteiger partial charge in [-0.25, -0.2) is 0 Å². The molecule has 124 valence electrons. The van der Waals surface area contributed by atoms with Gasteiger partial charge in [0.15, 0.2) is 0 Å². The van der Waals surface area contributed by atoms with Gasteiger partial charge in [-0.2, -0.15) is 5.26 Å². The molecule has 1 amide bonds. The first-order chi connectivity index (χ1) is 11.5. The molecule has 0 aliphatic carbocycles. The van der Waals surface area contributed by atoms with Gasteiger partial charge >= 0.3 is 0 Å². The normalized spacial score (nSPS) is 11.6. The summed E-state index contributed by atoms with van der Waals surface area (Å²) in [5.74, 6) is 0.162. The Morgan fingerprint density at radius 2 is 1.75 bits per heavy atom. The van der Waals surface area contributed by atoms with Gasteiger partial charge in [-0.15, -0.1) is 0 Å². The van der Waals surface area contributed by atoms with Crippen LogP contribution in [0.25, 0.3) is 0 Å². The molecule has 2 aromatic rings. The van der Waals surface area contributed by atoms with Crippen molar-refractivity contribution >= 4 is 5.91 Å². The Kier molecular flexibility index (Phi) is 6.14. The van der Waals surface area contributed by atoms with E-state index >= 15 is 0 Å². The van der Waals surface area contributed by atoms with Gasteiger partial charge in [0, 0.05) is 13.0 Å². The Bertz CT molecular complexity index is 711. The maximum Gasteiger partial charge on any atom is 0.223 e. The van der Waals surface area contributed by atoms with Crippen LogP contribution in [0.4, 0.5) is 0 Å². The van der Waals surface area contributed by atoms with Crippen molar-refractivity contribution in [1.29, 1.82) is 5.26 Å². The first kappa shape index (κ1) is 17.7. The molecular weight excluding hydrogens is 296 g/mol. The first-order valence-electron chi connectivity index (χ1n) is 8.40. The minimum Gasteiger partial charge on any atom is -0.336 e. The van der Waals surface area contributed by atoms with Crippen LogP contribution in [-0.4, -0.2) is 17.4 Å². The molecule has 0 radical (unpaired) electrons. The highest BCUT2D eigenvalue weighted by molar-refractivity contribution is 5.77. The van der Waals surface area contributed by atoms with Crippen molar-refractivity contribution in [3.8, 4) is 6.07 Å². The van der Waals surface area contributed by atoms with Gasteiger partial charge in [0.2, 0.25) is 5.91 Å². The summed E-state index contributed by atoms with van der Waals surface area (Å²) in [6.07, 6.45) is 1.27. The lowest BCUT2D eigenvalue weighted by molar-refractivity contribution is -0.133. The van der Waals surface area contributed by atoms with Crippen molar-refractivity contribution < 1.29 is 4.79 Å². The summed E-state index contributed by atoms with van der Waals surface area (Å²) < 4.78 is 0. The minimum absolute atomic E-state index is 0.00765. The second-order valence-electron chi connectivity index (χ2n) is 6.08. The lowest BCUT2D eigenvalue weighted by Crippen LogP contribution is -2.33. The SMILES string of the molecule is CCN(C(=O)CCc1ccc(C)cc1)C(C)c1ccc(C#N)cc1. The number of nitriles is 1. The monoisotopic (exact) mass is 320 g/mol. The Morgan fingerprint density at radius 3 is 2.29 bits per heavy atom. The number of benzene rings is 2. The molecule has 1 atom stereocenters. The molecule has 0 aromatic heterocycles. The lowest BCUT2D eigenvalue weighted by Gasteiger charge is -2.28. The van der Waals surface area contributed by atoms with Gasteiger partial charge in [-0.1, -0.05) is 42.0 Å². The van der Waals surface area contributed by atoms with Crippen LogP contribution in [0.5, 0.6) is 0 Å². The van der Waals surface area contributed by atoms with Crippen LogP contribution >= 0.6 is 0 Å². The molecule has 24 heavy (non-hydrogen) atoms. The number of carbonyl (C=O) groups excluding carboxylic acids is 1. The van der Waals surface area contributed by atoms with Crippen molar-refractivity contribution in [3.05, 3.63) is 70.8 Å². The molecule has 0 aliphatic heterocycles. The fraction of sp³-hybridized carbons (Fsp3) is 0.333. The zero-order chi connectivity index (χ0) is 17.5. The van der Waals surface area contributed by atoms with E-state index in [0.29, 0.717) is 18.5 Å². The highest BCUT2D eigenvalue weighted by Crippen LogP contribution is 2.21. The van der Waals surface area contributed by atoms with Gasteiger partial charge in [-0.3, -0.25) is 4.79 Å². The lowest BCUT2D eigenvalue weighted by atomic mass is 10.0. The van der Waals surface area contributed by atoms with Gasteiger partial charge in [0.25, 0.3) is 0 Å². The second kappa shape index (κ2) is 8.31. The number of aryl methyl sites for hydroxylation is 2. The molecule has 0 N–H and O–H groups in total. The van der Waals surface area contributed by atoms with Gasteiger partial charge in [-0.05, 0) is 50.5 Å². The van der Waals surface area contributed by atoms with E-state index in [9.17, 15) is 4.79 Å². The van der Waals surface area contributed by atoms with E-state index in [1.54, 1.807) is 12.1 Å². The van der Waals surface area contributed by atoms with Crippen LogP contribution < -0.4 is 0 Å². The molecule has 0 saturated carbocycles. The van der Waals surface area contributed by atoms with Crippen molar-refractivity contribution in [2.24, 2.45) is 0 Å². The van der Waals surface area contributed by atoms with Crippen LogP contribution in [0.1, 0.15) is 48.6 Å². The Morgan fingerprint density at radius 1 is 1.12 bits per heavy atom. The highest BCUT2D eigenvalue weighted by Gasteiger charge is 2.19. The summed E-state index contributed by atoms with van der Waals surface area (Å²) in [6.45, 7) is 6.78. The average molecular weight is 320 g/mol. The van der Waals surface area contributed by atoms with Crippen molar-refractivity contribution in [2.75, 3.05) is 6.54 Å². The summed E-state index contributed by atoms with van der Waals surface area (Å²) in [6, 6.07) is 17.9. The maximum absolute atomic E-state index is 12.6. The third-order valence-corrected chi connectivity index (χ3v) is 4.40. The molecule has 0 spiro atoms. The molecule has 3 heteroatoms. The molecule has 2 rings (SSSR count). The summed E-state index contributed by atoms with van der Waals surface area (Å²) in [4.78, 5) is 14.5. The molecule has 0 aliphatic rings. The van der Waals surface area contributed by atoms with Crippen molar-refractivity contribution in [2.45, 2.75) is 39.7 Å². The molecule has 0 saturated heterocycles. The topological polar surface area (TPSA) is 44.1 Å². The first-order valence-corrected chi connectivity index (χ1v) is 8.40. The van der Waals surface area contributed by atoms with E-state index in [1.165, 1.54) is 11.1 Å². The molecular formula is C21H24N2O. The number of amides is 1. The van der Waals surface area contributed by atoms with E-state index in [4.69, 9.17) is 5.26 Å². The fourth-order valence-electron chi connectivity index (χ4n) is 2.83. The van der Waals surface area contributed by atoms with Crippen LogP contribution in [0.3, 0.4) is 0 Å². The summed E-state index contributed by atoms with van der Waals surface area (Å²) in [7, 11) is 0. The predicted molar refractivity (Wildman–Crippen MR) is 96.5 cm³/mol. The van der Waals surface area contributed by atoms with E-state index in [2.05, 4.69) is 37.3 Å². The largest absolute Gasteiger partial charge is 0.336 e. The van der Waals surface area contributed by atoms with Crippen LogP contribution in [0.15, 0.2) is 48.5 Å². The molecule has 0 fully saturated rings. The molecule has 0 heterocycles. The number of carbonyl (C=O) groups is 1. The van der Waals surface area contributed by atoms with Crippen LogP contribution in [0.2, 0.25) is 0 Å². The Labute approximate surface area is 144 Å². The van der Waals surface area contributed by atoms with Gasteiger partial charge in [0.05, 0.1) is 17.7 Å².